The number of ether oxygens (including phenoxy) is 1. The first-order valence-corrected chi connectivity index (χ1v) is 6.68. The van der Waals surface area contributed by atoms with Crippen LogP contribution in [0.25, 0.3) is 11.1 Å². The van der Waals surface area contributed by atoms with E-state index in [4.69, 9.17) is 4.74 Å². The Morgan fingerprint density at radius 2 is 1.57 bits per heavy atom. The van der Waals surface area contributed by atoms with Crippen LogP contribution in [0.1, 0.15) is 17.2 Å². The second-order valence-corrected chi connectivity index (χ2v) is 4.87. The Morgan fingerprint density at radius 1 is 0.810 bits per heavy atom. The van der Waals surface area contributed by atoms with Gasteiger partial charge in [0.1, 0.15) is 5.75 Å². The van der Waals surface area contributed by atoms with E-state index in [2.05, 4.69) is 41.4 Å². The van der Waals surface area contributed by atoms with Gasteiger partial charge in [0.15, 0.2) is 6.10 Å². The van der Waals surface area contributed by atoms with Crippen molar-refractivity contribution in [3.63, 3.8) is 0 Å². The average molecular weight is 340 g/mol. The van der Waals surface area contributed by atoms with E-state index >= 15 is 0 Å². The SMILES string of the molecule is Br.c1cncc(C2Oc3ccccc3-c3ccccc32)c1. The van der Waals surface area contributed by atoms with E-state index in [0.717, 1.165) is 16.9 Å². The normalized spacial score (nSPS) is 15.1. The average Bonchev–Trinajstić information content (AvgIpc) is 2.55. The van der Waals surface area contributed by atoms with Crippen molar-refractivity contribution in [2.75, 3.05) is 0 Å². The van der Waals surface area contributed by atoms with Crippen LogP contribution in [-0.4, -0.2) is 4.98 Å². The molecule has 0 saturated heterocycles. The molecule has 4 rings (SSSR count). The molecule has 0 saturated carbocycles. The highest BCUT2D eigenvalue weighted by atomic mass is 79.9. The minimum absolute atomic E-state index is 0. The van der Waals surface area contributed by atoms with Gasteiger partial charge in [-0.05, 0) is 17.7 Å². The third-order valence-corrected chi connectivity index (χ3v) is 3.65. The van der Waals surface area contributed by atoms with Gasteiger partial charge in [0, 0.05) is 29.1 Å². The highest BCUT2D eigenvalue weighted by Gasteiger charge is 2.26. The van der Waals surface area contributed by atoms with Crippen molar-refractivity contribution in [1.29, 1.82) is 0 Å². The van der Waals surface area contributed by atoms with Crippen LogP contribution in [0.15, 0.2) is 73.1 Å². The predicted octanol–water partition coefficient (Wildman–Crippen LogP) is 4.81. The Bertz CT molecular complexity index is 758. The van der Waals surface area contributed by atoms with Crippen LogP contribution in [0, 0.1) is 0 Å². The first kappa shape index (κ1) is 13.8. The lowest BCUT2D eigenvalue weighted by molar-refractivity contribution is 0.243. The fraction of sp³-hybridized carbons (Fsp3) is 0.0556. The number of aromatic nitrogens is 1. The molecule has 21 heavy (non-hydrogen) atoms. The van der Waals surface area contributed by atoms with Crippen LogP contribution >= 0.6 is 17.0 Å². The van der Waals surface area contributed by atoms with E-state index in [1.807, 2.05) is 30.5 Å². The zero-order chi connectivity index (χ0) is 13.4. The molecule has 0 aliphatic carbocycles. The summed E-state index contributed by atoms with van der Waals surface area (Å²) in [5.41, 5.74) is 4.67. The molecule has 0 spiro atoms. The molecule has 104 valence electrons. The monoisotopic (exact) mass is 339 g/mol. The van der Waals surface area contributed by atoms with Crippen molar-refractivity contribution in [3.8, 4) is 16.9 Å². The predicted molar refractivity (Wildman–Crippen MR) is 88.9 cm³/mol. The van der Waals surface area contributed by atoms with Crippen LogP contribution in [0.4, 0.5) is 0 Å². The van der Waals surface area contributed by atoms with Crippen molar-refractivity contribution in [1.82, 2.24) is 4.98 Å². The van der Waals surface area contributed by atoms with Crippen molar-refractivity contribution in [2.45, 2.75) is 6.10 Å². The van der Waals surface area contributed by atoms with Crippen molar-refractivity contribution >= 4 is 17.0 Å². The van der Waals surface area contributed by atoms with Gasteiger partial charge >= 0.3 is 0 Å². The van der Waals surface area contributed by atoms with Crippen LogP contribution < -0.4 is 4.74 Å². The molecule has 1 atom stereocenters. The lowest BCUT2D eigenvalue weighted by Gasteiger charge is -2.28. The summed E-state index contributed by atoms with van der Waals surface area (Å²) in [7, 11) is 0. The maximum atomic E-state index is 6.20. The first-order valence-electron chi connectivity index (χ1n) is 6.68. The quantitative estimate of drug-likeness (QED) is 0.634. The van der Waals surface area contributed by atoms with Gasteiger partial charge in [-0.3, -0.25) is 4.98 Å². The first-order chi connectivity index (χ1) is 9.93. The largest absolute Gasteiger partial charge is 0.480 e. The molecule has 2 nitrogen and oxygen atoms in total. The summed E-state index contributed by atoms with van der Waals surface area (Å²) in [6.45, 7) is 0. The molecule has 0 fully saturated rings. The molecule has 0 radical (unpaired) electrons. The maximum absolute atomic E-state index is 6.20. The second-order valence-electron chi connectivity index (χ2n) is 4.87. The Balaban J connectivity index is 0.00000132. The zero-order valence-corrected chi connectivity index (χ0v) is 13.0. The zero-order valence-electron chi connectivity index (χ0n) is 11.3. The third kappa shape index (κ3) is 2.34. The molecular weight excluding hydrogens is 326 g/mol. The number of para-hydroxylation sites is 1. The minimum atomic E-state index is -0.0881. The molecule has 0 bridgehead atoms. The van der Waals surface area contributed by atoms with Gasteiger partial charge in [-0.25, -0.2) is 0 Å². The third-order valence-electron chi connectivity index (χ3n) is 3.65. The number of hydrogen-bond acceptors (Lipinski definition) is 2. The summed E-state index contributed by atoms with van der Waals surface area (Å²) in [5, 5.41) is 0. The molecule has 3 heteroatoms. The van der Waals surface area contributed by atoms with Gasteiger partial charge in [-0.1, -0.05) is 48.5 Å². The van der Waals surface area contributed by atoms with E-state index in [1.54, 1.807) is 6.20 Å². The Hall–Kier alpha value is -2.13. The molecule has 0 amide bonds. The topological polar surface area (TPSA) is 22.1 Å². The van der Waals surface area contributed by atoms with E-state index in [-0.39, 0.29) is 23.1 Å². The van der Waals surface area contributed by atoms with Gasteiger partial charge in [0.05, 0.1) is 0 Å². The number of benzene rings is 2. The number of hydrogen-bond donors (Lipinski definition) is 0. The van der Waals surface area contributed by atoms with E-state index in [0.29, 0.717) is 0 Å². The van der Waals surface area contributed by atoms with Gasteiger partial charge in [-0.15, -0.1) is 17.0 Å². The molecule has 2 aromatic carbocycles. The van der Waals surface area contributed by atoms with Crippen LogP contribution in [-0.2, 0) is 0 Å². The fourth-order valence-corrected chi connectivity index (χ4v) is 2.73. The van der Waals surface area contributed by atoms with E-state index in [1.165, 1.54) is 11.1 Å². The lowest BCUT2D eigenvalue weighted by atomic mass is 9.90. The molecule has 1 aliphatic rings. The Kier molecular flexibility index (Phi) is 3.76. The molecule has 1 unspecified atom stereocenters. The number of rotatable bonds is 1. The van der Waals surface area contributed by atoms with Crippen molar-refractivity contribution in [2.24, 2.45) is 0 Å². The number of pyridine rings is 1. The van der Waals surface area contributed by atoms with Crippen LogP contribution in [0.2, 0.25) is 0 Å². The summed E-state index contributed by atoms with van der Waals surface area (Å²) >= 11 is 0. The molecular formula is C18H14BrNO. The van der Waals surface area contributed by atoms with Gasteiger partial charge < -0.3 is 4.74 Å². The fourth-order valence-electron chi connectivity index (χ4n) is 2.73. The molecule has 1 aliphatic heterocycles. The summed E-state index contributed by atoms with van der Waals surface area (Å²) in [4.78, 5) is 4.21. The molecule has 1 aromatic heterocycles. The van der Waals surface area contributed by atoms with E-state index < -0.39 is 0 Å². The van der Waals surface area contributed by atoms with Crippen molar-refractivity contribution < 1.29 is 4.74 Å². The number of fused-ring (bicyclic) bond motifs is 3. The summed E-state index contributed by atoms with van der Waals surface area (Å²) < 4.78 is 6.20. The molecule has 2 heterocycles. The Labute approximate surface area is 134 Å². The van der Waals surface area contributed by atoms with Crippen LogP contribution in [0.5, 0.6) is 5.75 Å². The smallest absolute Gasteiger partial charge is 0.151 e. The van der Waals surface area contributed by atoms with Gasteiger partial charge in [0.2, 0.25) is 0 Å². The summed E-state index contributed by atoms with van der Waals surface area (Å²) in [6, 6.07) is 20.6. The van der Waals surface area contributed by atoms with E-state index in [9.17, 15) is 0 Å². The van der Waals surface area contributed by atoms with Crippen LogP contribution in [0.3, 0.4) is 0 Å². The second kappa shape index (κ2) is 5.70. The summed E-state index contributed by atoms with van der Waals surface area (Å²) in [6.07, 6.45) is 3.57. The van der Waals surface area contributed by atoms with Crippen molar-refractivity contribution in [3.05, 3.63) is 84.2 Å². The Morgan fingerprint density at radius 3 is 2.38 bits per heavy atom. The maximum Gasteiger partial charge on any atom is 0.151 e. The minimum Gasteiger partial charge on any atom is -0.480 e. The highest BCUT2D eigenvalue weighted by molar-refractivity contribution is 8.93. The summed E-state index contributed by atoms with van der Waals surface area (Å²) in [5.74, 6) is 0.931. The van der Waals surface area contributed by atoms with Gasteiger partial charge in [-0.2, -0.15) is 0 Å². The lowest BCUT2D eigenvalue weighted by Crippen LogP contribution is -2.15. The number of halogens is 1. The number of nitrogens with zero attached hydrogens (tertiary/aromatic N) is 1. The molecule has 3 aromatic rings. The van der Waals surface area contributed by atoms with Gasteiger partial charge in [0.25, 0.3) is 0 Å². The standard InChI is InChI=1S/C18H13NO.BrH/c1-2-9-16-14(7-1)15-8-3-4-10-17(15)20-18(16)13-6-5-11-19-12-13;/h1-12,18H;1H. The molecule has 0 N–H and O–H groups in total. The highest BCUT2D eigenvalue weighted by Crippen LogP contribution is 2.44.